The highest BCUT2D eigenvalue weighted by Crippen LogP contribution is 2.25. The van der Waals surface area contributed by atoms with Crippen LogP contribution in [0, 0.1) is 0 Å². The SMILES string of the molecule is C=Cc1ccc(Br)cc1O[C@@H](C)C(=O)O. The average Bonchev–Trinajstić information content (AvgIpc) is 2.18. The first-order valence-electron chi connectivity index (χ1n) is 4.36. The Morgan fingerprint density at radius 1 is 1.67 bits per heavy atom. The summed E-state index contributed by atoms with van der Waals surface area (Å²) in [6.45, 7) is 5.11. The smallest absolute Gasteiger partial charge is 0.344 e. The van der Waals surface area contributed by atoms with Crippen molar-refractivity contribution in [2.75, 3.05) is 0 Å². The molecule has 0 radical (unpaired) electrons. The Kier molecular flexibility index (Phi) is 3.91. The predicted octanol–water partition coefficient (Wildman–Crippen LogP) is 2.94. The molecule has 1 rings (SSSR count). The molecule has 0 unspecified atom stereocenters. The van der Waals surface area contributed by atoms with E-state index in [1.165, 1.54) is 6.92 Å². The quantitative estimate of drug-likeness (QED) is 0.915. The third-order valence-corrected chi connectivity index (χ3v) is 2.34. The van der Waals surface area contributed by atoms with E-state index < -0.39 is 12.1 Å². The number of aliphatic carboxylic acids is 1. The van der Waals surface area contributed by atoms with Crippen molar-refractivity contribution in [3.63, 3.8) is 0 Å². The van der Waals surface area contributed by atoms with Crippen molar-refractivity contribution in [2.24, 2.45) is 0 Å². The molecular weight excluding hydrogens is 260 g/mol. The van der Waals surface area contributed by atoms with Gasteiger partial charge in [-0.1, -0.05) is 34.7 Å². The van der Waals surface area contributed by atoms with E-state index in [9.17, 15) is 4.79 Å². The van der Waals surface area contributed by atoms with Crippen LogP contribution >= 0.6 is 15.9 Å². The molecule has 0 amide bonds. The van der Waals surface area contributed by atoms with E-state index in [4.69, 9.17) is 9.84 Å². The number of halogens is 1. The molecule has 0 bridgehead atoms. The predicted molar refractivity (Wildman–Crippen MR) is 62.0 cm³/mol. The highest BCUT2D eigenvalue weighted by Gasteiger charge is 2.14. The topological polar surface area (TPSA) is 46.5 Å². The summed E-state index contributed by atoms with van der Waals surface area (Å²) >= 11 is 3.29. The lowest BCUT2D eigenvalue weighted by atomic mass is 10.2. The van der Waals surface area contributed by atoms with Crippen LogP contribution in [-0.4, -0.2) is 17.2 Å². The van der Waals surface area contributed by atoms with Crippen LogP contribution in [0.5, 0.6) is 5.75 Å². The number of carbonyl (C=O) groups is 1. The number of benzene rings is 1. The Morgan fingerprint density at radius 3 is 2.87 bits per heavy atom. The van der Waals surface area contributed by atoms with Gasteiger partial charge < -0.3 is 9.84 Å². The summed E-state index contributed by atoms with van der Waals surface area (Å²) in [5, 5.41) is 8.71. The Bertz CT molecular complexity index is 387. The van der Waals surface area contributed by atoms with Crippen LogP contribution in [-0.2, 0) is 4.79 Å². The van der Waals surface area contributed by atoms with Crippen molar-refractivity contribution in [1.29, 1.82) is 0 Å². The van der Waals surface area contributed by atoms with Gasteiger partial charge in [0.25, 0.3) is 0 Å². The zero-order chi connectivity index (χ0) is 11.4. The van der Waals surface area contributed by atoms with Crippen LogP contribution in [0.4, 0.5) is 0 Å². The molecule has 80 valence electrons. The second-order valence-electron chi connectivity index (χ2n) is 2.98. The molecule has 0 saturated carbocycles. The van der Waals surface area contributed by atoms with Crippen molar-refractivity contribution in [3.8, 4) is 5.75 Å². The maximum atomic E-state index is 10.6. The molecule has 3 nitrogen and oxygen atoms in total. The lowest BCUT2D eigenvalue weighted by molar-refractivity contribution is -0.144. The van der Waals surface area contributed by atoms with Gasteiger partial charge in [-0.2, -0.15) is 0 Å². The van der Waals surface area contributed by atoms with E-state index in [0.717, 1.165) is 10.0 Å². The first-order valence-corrected chi connectivity index (χ1v) is 5.15. The highest BCUT2D eigenvalue weighted by atomic mass is 79.9. The molecule has 0 heterocycles. The number of ether oxygens (including phenoxy) is 1. The normalized spacial score (nSPS) is 11.9. The largest absolute Gasteiger partial charge is 0.479 e. The summed E-state index contributed by atoms with van der Waals surface area (Å²) in [7, 11) is 0. The van der Waals surface area contributed by atoms with E-state index >= 15 is 0 Å². The van der Waals surface area contributed by atoms with E-state index in [1.54, 1.807) is 18.2 Å². The molecule has 15 heavy (non-hydrogen) atoms. The van der Waals surface area contributed by atoms with Crippen LogP contribution in [0.3, 0.4) is 0 Å². The maximum Gasteiger partial charge on any atom is 0.344 e. The Hall–Kier alpha value is -1.29. The van der Waals surface area contributed by atoms with Crippen LogP contribution in [0.2, 0.25) is 0 Å². The van der Waals surface area contributed by atoms with Gasteiger partial charge >= 0.3 is 5.97 Å². The number of carboxylic acids is 1. The van der Waals surface area contributed by atoms with E-state index in [1.807, 2.05) is 6.07 Å². The molecule has 1 aromatic rings. The Morgan fingerprint density at radius 2 is 2.33 bits per heavy atom. The first-order chi connectivity index (χ1) is 7.04. The van der Waals surface area contributed by atoms with Gasteiger partial charge in [-0.25, -0.2) is 4.79 Å². The Labute approximate surface area is 96.5 Å². The zero-order valence-corrected chi connectivity index (χ0v) is 9.82. The van der Waals surface area contributed by atoms with Crippen molar-refractivity contribution in [2.45, 2.75) is 13.0 Å². The summed E-state index contributed by atoms with van der Waals surface area (Å²) in [6, 6.07) is 5.37. The molecule has 1 atom stereocenters. The number of hydrogen-bond donors (Lipinski definition) is 1. The van der Waals surface area contributed by atoms with Crippen LogP contribution < -0.4 is 4.74 Å². The van der Waals surface area contributed by atoms with Crippen LogP contribution in [0.25, 0.3) is 6.08 Å². The van der Waals surface area contributed by atoms with E-state index in [2.05, 4.69) is 22.5 Å². The third kappa shape index (κ3) is 3.09. The Balaban J connectivity index is 2.96. The van der Waals surface area contributed by atoms with E-state index in [0.29, 0.717) is 5.75 Å². The molecule has 0 fully saturated rings. The lowest BCUT2D eigenvalue weighted by Gasteiger charge is -2.12. The van der Waals surface area contributed by atoms with Crippen molar-refractivity contribution in [3.05, 3.63) is 34.8 Å². The third-order valence-electron chi connectivity index (χ3n) is 1.85. The summed E-state index contributed by atoms with van der Waals surface area (Å²) < 4.78 is 6.11. The molecule has 0 saturated heterocycles. The number of hydrogen-bond acceptors (Lipinski definition) is 2. The summed E-state index contributed by atoms with van der Waals surface area (Å²) in [6.07, 6.45) is 0.745. The van der Waals surface area contributed by atoms with Crippen LogP contribution in [0.15, 0.2) is 29.3 Å². The minimum atomic E-state index is -0.995. The van der Waals surface area contributed by atoms with Crippen molar-refractivity contribution in [1.82, 2.24) is 0 Å². The molecule has 0 aliphatic rings. The van der Waals surface area contributed by atoms with Gasteiger partial charge in [0.05, 0.1) is 0 Å². The van der Waals surface area contributed by atoms with E-state index in [-0.39, 0.29) is 0 Å². The fraction of sp³-hybridized carbons (Fsp3) is 0.182. The molecule has 0 spiro atoms. The number of carboxylic acid groups (broad SMARTS) is 1. The lowest BCUT2D eigenvalue weighted by Crippen LogP contribution is -2.23. The molecule has 1 N–H and O–H groups in total. The molecule has 4 heteroatoms. The standard InChI is InChI=1S/C11H11BrO3/c1-3-8-4-5-9(12)6-10(8)15-7(2)11(13)14/h3-7H,1H2,2H3,(H,13,14)/t7-/m0/s1. The van der Waals surface area contributed by atoms with Gasteiger partial charge in [-0.3, -0.25) is 0 Å². The van der Waals surface area contributed by atoms with Gasteiger partial charge in [0.2, 0.25) is 0 Å². The van der Waals surface area contributed by atoms with Gasteiger partial charge in [0.1, 0.15) is 5.75 Å². The molecule has 1 aromatic carbocycles. The van der Waals surface area contributed by atoms with Gasteiger partial charge in [-0.15, -0.1) is 0 Å². The summed E-state index contributed by atoms with van der Waals surface area (Å²) in [5.74, 6) is -0.487. The monoisotopic (exact) mass is 270 g/mol. The van der Waals surface area contributed by atoms with Gasteiger partial charge in [0, 0.05) is 10.0 Å². The zero-order valence-electron chi connectivity index (χ0n) is 8.24. The van der Waals surface area contributed by atoms with Gasteiger partial charge in [-0.05, 0) is 19.1 Å². The van der Waals surface area contributed by atoms with Crippen LogP contribution in [0.1, 0.15) is 12.5 Å². The fourth-order valence-electron chi connectivity index (χ4n) is 1.02. The minimum absolute atomic E-state index is 0.509. The summed E-state index contributed by atoms with van der Waals surface area (Å²) in [5.41, 5.74) is 0.770. The molecular formula is C11H11BrO3. The van der Waals surface area contributed by atoms with Crippen molar-refractivity contribution >= 4 is 28.0 Å². The maximum absolute atomic E-state index is 10.6. The minimum Gasteiger partial charge on any atom is -0.479 e. The molecule has 0 aromatic heterocycles. The van der Waals surface area contributed by atoms with Gasteiger partial charge in [0.15, 0.2) is 6.10 Å². The van der Waals surface area contributed by atoms with Crippen molar-refractivity contribution < 1.29 is 14.6 Å². The summed E-state index contributed by atoms with van der Waals surface area (Å²) in [4.78, 5) is 10.6. The molecule has 0 aliphatic heterocycles. The second kappa shape index (κ2) is 4.98. The molecule has 0 aliphatic carbocycles. The average molecular weight is 271 g/mol. The fourth-order valence-corrected chi connectivity index (χ4v) is 1.36. The number of rotatable bonds is 4. The first kappa shape index (κ1) is 11.8. The highest BCUT2D eigenvalue weighted by molar-refractivity contribution is 9.10. The second-order valence-corrected chi connectivity index (χ2v) is 3.90.